The van der Waals surface area contributed by atoms with Crippen LogP contribution in [0.15, 0.2) is 24.3 Å². The van der Waals surface area contributed by atoms with Crippen LogP contribution >= 0.6 is 0 Å². The fourth-order valence-corrected chi connectivity index (χ4v) is 4.42. The molecule has 0 radical (unpaired) electrons. The Balaban J connectivity index is 1.39. The molecule has 0 saturated carbocycles. The molecule has 3 saturated heterocycles. The zero-order valence-corrected chi connectivity index (χ0v) is 16.6. The summed E-state index contributed by atoms with van der Waals surface area (Å²) in [5.74, 6) is -0.769. The number of amides is 2. The van der Waals surface area contributed by atoms with E-state index in [1.54, 1.807) is 0 Å². The van der Waals surface area contributed by atoms with Gasteiger partial charge in [0.25, 0.3) is 0 Å². The van der Waals surface area contributed by atoms with E-state index in [2.05, 4.69) is 10.6 Å². The zero-order valence-electron chi connectivity index (χ0n) is 16.6. The molecule has 3 heterocycles. The summed E-state index contributed by atoms with van der Waals surface area (Å²) in [7, 11) is 1.38. The summed E-state index contributed by atoms with van der Waals surface area (Å²) in [6.07, 6.45) is -0.722. The van der Waals surface area contributed by atoms with Gasteiger partial charge < -0.3 is 30.0 Å². The first-order chi connectivity index (χ1) is 14.5. The molecular formula is C20H26FN3O6. The summed E-state index contributed by atoms with van der Waals surface area (Å²) < 4.78 is 29.5. The molecule has 3 aliphatic rings. The molecule has 4 rings (SSSR count). The van der Waals surface area contributed by atoms with Crippen LogP contribution in [0.5, 0.6) is 0 Å². The van der Waals surface area contributed by atoms with E-state index in [1.165, 1.54) is 31.4 Å². The Morgan fingerprint density at radius 2 is 1.93 bits per heavy atom. The number of piperidine rings is 1. The Kier molecular flexibility index (Phi) is 6.19. The number of hydrogen-bond acceptors (Lipinski definition) is 7. The Labute approximate surface area is 173 Å². The molecule has 5 unspecified atom stereocenters. The summed E-state index contributed by atoms with van der Waals surface area (Å²) in [5, 5.41) is 16.4. The average Bonchev–Trinajstić information content (AvgIpc) is 3.18. The lowest BCUT2D eigenvalue weighted by atomic mass is 9.91. The predicted molar refractivity (Wildman–Crippen MR) is 103 cm³/mol. The van der Waals surface area contributed by atoms with E-state index >= 15 is 0 Å². The molecule has 5 atom stereocenters. The lowest BCUT2D eigenvalue weighted by Crippen LogP contribution is -2.66. The topological polar surface area (TPSA) is 109 Å². The number of urea groups is 1. The number of likely N-dealkylation sites (tertiary alicyclic amines) is 1. The van der Waals surface area contributed by atoms with Crippen LogP contribution in [0.2, 0.25) is 0 Å². The Hall–Kier alpha value is -2.27. The number of anilines is 1. The normalized spacial score (nSPS) is 31.9. The molecule has 0 aliphatic carbocycles. The molecule has 164 valence electrons. The molecule has 3 fully saturated rings. The third-order valence-corrected chi connectivity index (χ3v) is 6.02. The predicted octanol–water partition coefficient (Wildman–Crippen LogP) is 0.685. The number of carbonyl (C=O) groups excluding carboxylic acids is 2. The van der Waals surface area contributed by atoms with E-state index < -0.39 is 42.4 Å². The van der Waals surface area contributed by atoms with Crippen molar-refractivity contribution in [1.82, 2.24) is 10.2 Å². The van der Waals surface area contributed by atoms with Crippen molar-refractivity contribution in [2.24, 2.45) is 5.92 Å². The van der Waals surface area contributed by atoms with Gasteiger partial charge in [0.2, 0.25) is 0 Å². The van der Waals surface area contributed by atoms with Gasteiger partial charge in [-0.2, -0.15) is 0 Å². The second-order valence-electron chi connectivity index (χ2n) is 7.82. The number of benzene rings is 1. The average molecular weight is 423 g/mol. The Bertz CT molecular complexity index is 770. The van der Waals surface area contributed by atoms with Crippen molar-refractivity contribution >= 4 is 17.7 Å². The summed E-state index contributed by atoms with van der Waals surface area (Å²) in [4.78, 5) is 26.2. The van der Waals surface area contributed by atoms with E-state index in [4.69, 9.17) is 14.2 Å². The number of fused-ring (bicyclic) bond motifs is 2. The quantitative estimate of drug-likeness (QED) is 0.611. The summed E-state index contributed by atoms with van der Waals surface area (Å²) in [6, 6.07) is 3.74. The number of esters is 1. The molecule has 0 spiro atoms. The summed E-state index contributed by atoms with van der Waals surface area (Å²) in [5.41, 5.74) is 0.432. The molecule has 1 aromatic carbocycles. The minimum absolute atomic E-state index is 0.152. The largest absolute Gasteiger partial charge is 0.469 e. The van der Waals surface area contributed by atoms with Crippen molar-refractivity contribution in [3.63, 3.8) is 0 Å². The number of aliphatic hydroxyl groups is 1. The van der Waals surface area contributed by atoms with Gasteiger partial charge >= 0.3 is 12.0 Å². The Morgan fingerprint density at radius 1 is 1.23 bits per heavy atom. The van der Waals surface area contributed by atoms with Gasteiger partial charge in [0.15, 0.2) is 6.29 Å². The maximum atomic E-state index is 13.0. The number of ether oxygens (including phenoxy) is 3. The van der Waals surface area contributed by atoms with Crippen LogP contribution in [0.1, 0.15) is 12.8 Å². The van der Waals surface area contributed by atoms with Crippen LogP contribution in [0.4, 0.5) is 14.9 Å². The fourth-order valence-electron chi connectivity index (χ4n) is 4.42. The number of halogens is 1. The third-order valence-electron chi connectivity index (χ3n) is 6.02. The van der Waals surface area contributed by atoms with E-state index in [-0.39, 0.29) is 18.5 Å². The van der Waals surface area contributed by atoms with Gasteiger partial charge in [0.1, 0.15) is 11.9 Å². The van der Waals surface area contributed by atoms with E-state index in [9.17, 15) is 19.1 Å². The lowest BCUT2D eigenvalue weighted by Gasteiger charge is -2.45. The molecule has 1 aromatic rings. The second kappa shape index (κ2) is 8.84. The number of rotatable bonds is 4. The van der Waals surface area contributed by atoms with Crippen LogP contribution in [0.3, 0.4) is 0 Å². The van der Waals surface area contributed by atoms with Crippen LogP contribution in [-0.4, -0.2) is 79.4 Å². The molecule has 3 N–H and O–H groups in total. The van der Waals surface area contributed by atoms with Gasteiger partial charge in [-0.3, -0.25) is 9.69 Å². The maximum Gasteiger partial charge on any atom is 0.319 e. The number of methoxy groups -OCH3 is 1. The number of nitrogens with one attached hydrogen (secondary N) is 2. The highest BCUT2D eigenvalue weighted by atomic mass is 19.1. The van der Waals surface area contributed by atoms with Crippen molar-refractivity contribution in [1.29, 1.82) is 0 Å². The smallest absolute Gasteiger partial charge is 0.319 e. The first-order valence-electron chi connectivity index (χ1n) is 10.1. The van der Waals surface area contributed by atoms with Crippen molar-refractivity contribution in [3.8, 4) is 0 Å². The molecule has 0 aromatic heterocycles. The van der Waals surface area contributed by atoms with Crippen LogP contribution in [0, 0.1) is 11.7 Å². The van der Waals surface area contributed by atoms with Crippen molar-refractivity contribution < 1.29 is 33.3 Å². The van der Waals surface area contributed by atoms with Gasteiger partial charge in [0.05, 0.1) is 37.8 Å². The van der Waals surface area contributed by atoms with Crippen LogP contribution < -0.4 is 10.6 Å². The zero-order chi connectivity index (χ0) is 21.3. The van der Waals surface area contributed by atoms with E-state index in [1.807, 2.05) is 4.90 Å². The minimum atomic E-state index is -0.912. The van der Waals surface area contributed by atoms with Gasteiger partial charge in [-0.1, -0.05) is 0 Å². The third kappa shape index (κ3) is 4.27. The van der Waals surface area contributed by atoms with E-state index in [0.717, 1.165) is 0 Å². The highest BCUT2D eigenvalue weighted by molar-refractivity contribution is 5.89. The molecular weight excluding hydrogens is 397 g/mol. The molecule has 9 nitrogen and oxygen atoms in total. The van der Waals surface area contributed by atoms with Gasteiger partial charge in [-0.25, -0.2) is 9.18 Å². The van der Waals surface area contributed by atoms with Gasteiger partial charge in [0, 0.05) is 5.69 Å². The first kappa shape index (κ1) is 21.0. The van der Waals surface area contributed by atoms with Gasteiger partial charge in [-0.05, 0) is 50.2 Å². The standard InChI is InChI=1S/C20H26FN3O6/c1-28-18(26)11-6-8-24(9-7-11)16-17(25)15(14-10-29-19(16)30-14)23-20(27)22-13-4-2-12(21)3-5-13/h2-5,11,14-17,19,25H,6-10H2,1H3,(H2,22,23,27). The van der Waals surface area contributed by atoms with Crippen LogP contribution in [0.25, 0.3) is 0 Å². The molecule has 10 heteroatoms. The lowest BCUT2D eigenvalue weighted by molar-refractivity contribution is -0.185. The maximum absolute atomic E-state index is 13.0. The highest BCUT2D eigenvalue weighted by Crippen LogP contribution is 2.33. The fraction of sp³-hybridized carbons (Fsp3) is 0.600. The summed E-state index contributed by atoms with van der Waals surface area (Å²) in [6.45, 7) is 1.44. The number of hydrogen-bond donors (Lipinski definition) is 3. The monoisotopic (exact) mass is 423 g/mol. The van der Waals surface area contributed by atoms with E-state index in [0.29, 0.717) is 31.6 Å². The van der Waals surface area contributed by atoms with Crippen molar-refractivity contribution in [3.05, 3.63) is 30.1 Å². The Morgan fingerprint density at radius 3 is 2.60 bits per heavy atom. The minimum Gasteiger partial charge on any atom is -0.469 e. The molecule has 3 aliphatic heterocycles. The molecule has 30 heavy (non-hydrogen) atoms. The first-order valence-corrected chi connectivity index (χ1v) is 10.1. The van der Waals surface area contributed by atoms with Gasteiger partial charge in [-0.15, -0.1) is 0 Å². The molecule has 2 bridgehead atoms. The van der Waals surface area contributed by atoms with Crippen molar-refractivity contribution in [2.45, 2.75) is 43.4 Å². The SMILES string of the molecule is COC(=O)C1CCN(C2C3OCC(O3)C(NC(=O)Nc3ccc(F)cc3)C2O)CC1. The highest BCUT2D eigenvalue weighted by Gasteiger charge is 2.53. The number of aliphatic hydroxyl groups excluding tert-OH is 1. The summed E-state index contributed by atoms with van der Waals surface area (Å²) >= 11 is 0. The molecule has 2 amide bonds. The van der Waals surface area contributed by atoms with Crippen LogP contribution in [-0.2, 0) is 19.0 Å². The number of nitrogens with zero attached hydrogens (tertiary/aromatic N) is 1. The second-order valence-corrected chi connectivity index (χ2v) is 7.82. The van der Waals surface area contributed by atoms with Crippen molar-refractivity contribution in [2.75, 3.05) is 32.1 Å². The number of carbonyl (C=O) groups is 2.